The molecule has 0 aromatic rings. The van der Waals surface area contributed by atoms with Crippen LogP contribution in [0.25, 0.3) is 0 Å². The molecule has 2 aliphatic rings. The Bertz CT molecular complexity index is 214. The maximum atomic E-state index is 5.74. The molecule has 1 saturated carbocycles. The van der Waals surface area contributed by atoms with Gasteiger partial charge in [0.05, 0.1) is 6.10 Å². The van der Waals surface area contributed by atoms with Crippen molar-refractivity contribution in [2.24, 2.45) is 17.6 Å². The van der Waals surface area contributed by atoms with Gasteiger partial charge in [0.25, 0.3) is 0 Å². The predicted molar refractivity (Wildman–Crippen MR) is 71.0 cm³/mol. The molecule has 17 heavy (non-hydrogen) atoms. The lowest BCUT2D eigenvalue weighted by molar-refractivity contribution is 0.0227. The minimum atomic E-state index is 0.476. The standard InChI is InChI=1S/C14H28N2O/c1-17-14-3-2-8-16(11-14)10-13-6-4-12(9-15)5-7-13/h12-14H,2-11,15H2,1H3. The number of hydrogen-bond donors (Lipinski definition) is 1. The van der Waals surface area contributed by atoms with Gasteiger partial charge in [0, 0.05) is 20.2 Å². The van der Waals surface area contributed by atoms with Crippen LogP contribution in [0.4, 0.5) is 0 Å². The summed E-state index contributed by atoms with van der Waals surface area (Å²) in [6, 6.07) is 0. The van der Waals surface area contributed by atoms with Crippen LogP contribution in [0, 0.1) is 11.8 Å². The van der Waals surface area contributed by atoms with Crippen molar-refractivity contribution in [1.29, 1.82) is 0 Å². The maximum absolute atomic E-state index is 5.74. The Labute approximate surface area is 106 Å². The summed E-state index contributed by atoms with van der Waals surface area (Å²) >= 11 is 0. The average Bonchev–Trinajstić information content (AvgIpc) is 2.40. The van der Waals surface area contributed by atoms with E-state index >= 15 is 0 Å². The first-order chi connectivity index (χ1) is 8.31. The third-order valence-corrected chi connectivity index (χ3v) is 4.61. The van der Waals surface area contributed by atoms with E-state index in [9.17, 15) is 0 Å². The Morgan fingerprint density at radius 3 is 2.47 bits per heavy atom. The summed E-state index contributed by atoms with van der Waals surface area (Å²) in [4.78, 5) is 2.62. The Hall–Kier alpha value is -0.120. The van der Waals surface area contributed by atoms with Crippen LogP contribution in [0.2, 0.25) is 0 Å². The van der Waals surface area contributed by atoms with Crippen molar-refractivity contribution < 1.29 is 4.74 Å². The first-order valence-electron chi connectivity index (χ1n) is 7.27. The highest BCUT2D eigenvalue weighted by atomic mass is 16.5. The molecule has 1 atom stereocenters. The molecule has 1 unspecified atom stereocenters. The molecule has 1 heterocycles. The highest BCUT2D eigenvalue weighted by Gasteiger charge is 2.25. The van der Waals surface area contributed by atoms with Gasteiger partial charge in [-0.15, -0.1) is 0 Å². The lowest BCUT2D eigenvalue weighted by atomic mass is 9.81. The quantitative estimate of drug-likeness (QED) is 0.815. The van der Waals surface area contributed by atoms with Crippen LogP contribution in [0.15, 0.2) is 0 Å². The molecule has 2 fully saturated rings. The van der Waals surface area contributed by atoms with Gasteiger partial charge in [0.1, 0.15) is 0 Å². The van der Waals surface area contributed by atoms with E-state index in [2.05, 4.69) is 4.90 Å². The Morgan fingerprint density at radius 1 is 1.12 bits per heavy atom. The lowest BCUT2D eigenvalue weighted by Crippen LogP contribution is -2.42. The Kier molecular flexibility index (Phi) is 5.26. The van der Waals surface area contributed by atoms with Crippen molar-refractivity contribution in [3.8, 4) is 0 Å². The van der Waals surface area contributed by atoms with E-state index in [1.165, 1.54) is 51.6 Å². The number of nitrogens with zero attached hydrogens (tertiary/aromatic N) is 1. The Balaban J connectivity index is 1.70. The molecule has 1 aliphatic carbocycles. The molecule has 3 nitrogen and oxygen atoms in total. The number of methoxy groups -OCH3 is 1. The van der Waals surface area contributed by atoms with Gasteiger partial charge < -0.3 is 15.4 Å². The number of hydrogen-bond acceptors (Lipinski definition) is 3. The van der Waals surface area contributed by atoms with Crippen LogP contribution in [0.5, 0.6) is 0 Å². The fraction of sp³-hybridized carbons (Fsp3) is 1.00. The smallest absolute Gasteiger partial charge is 0.0698 e. The fourth-order valence-electron chi connectivity index (χ4n) is 3.39. The van der Waals surface area contributed by atoms with Gasteiger partial charge in [-0.25, -0.2) is 0 Å². The molecule has 2 rings (SSSR count). The van der Waals surface area contributed by atoms with Gasteiger partial charge in [-0.3, -0.25) is 0 Å². The van der Waals surface area contributed by atoms with Gasteiger partial charge in [-0.1, -0.05) is 0 Å². The molecular weight excluding hydrogens is 212 g/mol. The second-order valence-corrected chi connectivity index (χ2v) is 5.88. The van der Waals surface area contributed by atoms with Crippen molar-refractivity contribution in [1.82, 2.24) is 4.90 Å². The molecule has 0 aromatic heterocycles. The van der Waals surface area contributed by atoms with Gasteiger partial charge in [-0.2, -0.15) is 0 Å². The van der Waals surface area contributed by atoms with Crippen LogP contribution in [0.3, 0.4) is 0 Å². The molecule has 3 heteroatoms. The Morgan fingerprint density at radius 2 is 1.82 bits per heavy atom. The zero-order valence-corrected chi connectivity index (χ0v) is 11.2. The lowest BCUT2D eigenvalue weighted by Gasteiger charge is -2.36. The van der Waals surface area contributed by atoms with Crippen LogP contribution in [-0.2, 0) is 4.74 Å². The van der Waals surface area contributed by atoms with E-state index < -0.39 is 0 Å². The SMILES string of the molecule is COC1CCCN(CC2CCC(CN)CC2)C1. The second kappa shape index (κ2) is 6.72. The highest BCUT2D eigenvalue weighted by Crippen LogP contribution is 2.29. The molecule has 1 saturated heterocycles. The molecule has 100 valence electrons. The zero-order chi connectivity index (χ0) is 12.1. The van der Waals surface area contributed by atoms with Gasteiger partial charge >= 0.3 is 0 Å². The second-order valence-electron chi connectivity index (χ2n) is 5.88. The zero-order valence-electron chi connectivity index (χ0n) is 11.2. The third kappa shape index (κ3) is 3.94. The van der Waals surface area contributed by atoms with E-state index in [-0.39, 0.29) is 0 Å². The fourth-order valence-corrected chi connectivity index (χ4v) is 3.39. The molecule has 2 N–H and O–H groups in total. The van der Waals surface area contributed by atoms with E-state index in [0.717, 1.165) is 24.9 Å². The summed E-state index contributed by atoms with van der Waals surface area (Å²) in [5.41, 5.74) is 5.74. The van der Waals surface area contributed by atoms with Gasteiger partial charge in [0.2, 0.25) is 0 Å². The molecule has 1 aliphatic heterocycles. The van der Waals surface area contributed by atoms with Crippen molar-refractivity contribution in [2.45, 2.75) is 44.6 Å². The highest BCUT2D eigenvalue weighted by molar-refractivity contribution is 4.79. The van der Waals surface area contributed by atoms with Crippen molar-refractivity contribution in [2.75, 3.05) is 33.3 Å². The van der Waals surface area contributed by atoms with Crippen LogP contribution in [-0.4, -0.2) is 44.3 Å². The molecule has 0 aromatic carbocycles. The number of ether oxygens (including phenoxy) is 1. The summed E-state index contributed by atoms with van der Waals surface area (Å²) in [5, 5.41) is 0. The number of rotatable bonds is 4. The third-order valence-electron chi connectivity index (χ3n) is 4.61. The van der Waals surface area contributed by atoms with E-state index in [1.54, 1.807) is 0 Å². The first-order valence-corrected chi connectivity index (χ1v) is 7.27. The number of likely N-dealkylation sites (tertiary alicyclic amines) is 1. The van der Waals surface area contributed by atoms with Crippen molar-refractivity contribution in [3.63, 3.8) is 0 Å². The molecule has 0 radical (unpaired) electrons. The summed E-state index contributed by atoms with van der Waals surface area (Å²) in [7, 11) is 1.85. The summed E-state index contributed by atoms with van der Waals surface area (Å²) < 4.78 is 5.49. The first kappa shape index (κ1) is 13.3. The topological polar surface area (TPSA) is 38.5 Å². The summed E-state index contributed by atoms with van der Waals surface area (Å²) in [6.45, 7) is 4.60. The maximum Gasteiger partial charge on any atom is 0.0698 e. The molecule has 0 amide bonds. The van der Waals surface area contributed by atoms with Crippen molar-refractivity contribution in [3.05, 3.63) is 0 Å². The average molecular weight is 240 g/mol. The van der Waals surface area contributed by atoms with Crippen LogP contribution >= 0.6 is 0 Å². The normalized spacial score (nSPS) is 36.0. The van der Waals surface area contributed by atoms with Gasteiger partial charge in [-0.05, 0) is 63.5 Å². The molecular formula is C14H28N2O. The monoisotopic (exact) mass is 240 g/mol. The molecule has 0 bridgehead atoms. The number of piperidine rings is 1. The van der Waals surface area contributed by atoms with E-state index in [0.29, 0.717) is 6.10 Å². The minimum absolute atomic E-state index is 0.476. The number of nitrogens with two attached hydrogens (primary N) is 1. The summed E-state index contributed by atoms with van der Waals surface area (Å²) in [6.07, 6.45) is 8.49. The predicted octanol–water partition coefficient (Wildman–Crippen LogP) is 1.86. The van der Waals surface area contributed by atoms with E-state index in [1.807, 2.05) is 7.11 Å². The van der Waals surface area contributed by atoms with Crippen molar-refractivity contribution >= 4 is 0 Å². The van der Waals surface area contributed by atoms with Crippen LogP contribution < -0.4 is 5.73 Å². The minimum Gasteiger partial charge on any atom is -0.380 e. The molecule has 0 spiro atoms. The van der Waals surface area contributed by atoms with E-state index in [4.69, 9.17) is 10.5 Å². The summed E-state index contributed by atoms with van der Waals surface area (Å²) in [5.74, 6) is 1.72. The van der Waals surface area contributed by atoms with Gasteiger partial charge in [0.15, 0.2) is 0 Å². The largest absolute Gasteiger partial charge is 0.380 e. The van der Waals surface area contributed by atoms with Crippen LogP contribution in [0.1, 0.15) is 38.5 Å².